The summed E-state index contributed by atoms with van der Waals surface area (Å²) in [5.74, 6) is -0.0463. The molecule has 11 heteroatoms. The van der Waals surface area contributed by atoms with Gasteiger partial charge in [-0.2, -0.15) is 18.2 Å². The van der Waals surface area contributed by atoms with Crippen LogP contribution in [0, 0.1) is 6.92 Å². The number of alkyl halides is 3. The molecule has 4 aromatic rings. The molecule has 0 amide bonds. The first-order chi connectivity index (χ1) is 18.8. The third kappa shape index (κ3) is 6.50. The Balaban J connectivity index is 1.50. The topological polar surface area (TPSA) is 105 Å². The van der Waals surface area contributed by atoms with Crippen molar-refractivity contribution < 1.29 is 27.4 Å². The van der Waals surface area contributed by atoms with Crippen molar-refractivity contribution >= 4 is 5.95 Å². The molecular weight excluding hydrogens is 511 g/mol. The molecule has 0 spiro atoms. The molecule has 1 aromatic carbocycles. The molecule has 1 atom stereocenters. The third-order valence-electron chi connectivity index (χ3n) is 6.05. The summed E-state index contributed by atoms with van der Waals surface area (Å²) in [7, 11) is 0. The molecule has 202 valence electrons. The lowest BCUT2D eigenvalue weighted by atomic mass is 9.99. The quantitative estimate of drug-likeness (QED) is 0.319. The first-order valence-electron chi connectivity index (χ1n) is 12.3. The smallest absolute Gasteiger partial charge is 0.433 e. The number of rotatable bonds is 8. The van der Waals surface area contributed by atoms with Gasteiger partial charge in [-0.15, -0.1) is 0 Å². The Morgan fingerprint density at radius 2 is 1.69 bits per heavy atom. The van der Waals surface area contributed by atoms with Crippen molar-refractivity contribution in [3.8, 4) is 28.3 Å². The van der Waals surface area contributed by atoms with Gasteiger partial charge in [-0.1, -0.05) is 36.4 Å². The molecule has 1 aliphatic rings. The van der Waals surface area contributed by atoms with Crippen LogP contribution >= 0.6 is 0 Å². The molecule has 4 heterocycles. The number of hydrogen-bond donors (Lipinski definition) is 1. The summed E-state index contributed by atoms with van der Waals surface area (Å²) in [6.07, 6.45) is -3.75. The average Bonchev–Trinajstić information content (AvgIpc) is 3.44. The Labute approximate surface area is 223 Å². The van der Waals surface area contributed by atoms with Gasteiger partial charge in [-0.05, 0) is 43.2 Å². The van der Waals surface area contributed by atoms with Crippen LogP contribution in [0.2, 0.25) is 0 Å². The number of halogens is 3. The minimum Gasteiger partial charge on any atom is -0.471 e. The highest BCUT2D eigenvalue weighted by Gasteiger charge is 2.34. The van der Waals surface area contributed by atoms with Gasteiger partial charge in [0, 0.05) is 17.9 Å². The normalized spacial score (nSPS) is 15.4. The van der Waals surface area contributed by atoms with Crippen LogP contribution in [0.4, 0.5) is 19.1 Å². The number of aryl methyl sites for hydroxylation is 1. The van der Waals surface area contributed by atoms with Crippen LogP contribution in [-0.4, -0.2) is 39.3 Å². The summed E-state index contributed by atoms with van der Waals surface area (Å²) in [6, 6.07) is 17.0. The predicted molar refractivity (Wildman–Crippen MR) is 137 cm³/mol. The van der Waals surface area contributed by atoms with Gasteiger partial charge in [0.2, 0.25) is 11.8 Å². The van der Waals surface area contributed by atoms with Gasteiger partial charge in [0.25, 0.3) is 0 Å². The van der Waals surface area contributed by atoms with Gasteiger partial charge in [-0.25, -0.2) is 9.97 Å². The van der Waals surface area contributed by atoms with Gasteiger partial charge in [0.05, 0.1) is 42.0 Å². The Bertz CT molecular complexity index is 1440. The highest BCUT2D eigenvalue weighted by molar-refractivity contribution is 5.85. The molecule has 0 bridgehead atoms. The molecule has 0 aliphatic carbocycles. The van der Waals surface area contributed by atoms with Gasteiger partial charge in [0.1, 0.15) is 12.3 Å². The minimum absolute atomic E-state index is 0.00570. The van der Waals surface area contributed by atoms with Crippen molar-refractivity contribution in [2.24, 2.45) is 0 Å². The van der Waals surface area contributed by atoms with Crippen LogP contribution in [0.1, 0.15) is 29.2 Å². The number of benzene rings is 1. The maximum Gasteiger partial charge on any atom is 0.433 e. The van der Waals surface area contributed by atoms with E-state index < -0.39 is 11.9 Å². The van der Waals surface area contributed by atoms with Crippen LogP contribution in [0.15, 0.2) is 60.7 Å². The highest BCUT2D eigenvalue weighted by atomic mass is 19.4. The second-order valence-electron chi connectivity index (χ2n) is 9.06. The number of nitrogens with two attached hydrogens (primary N) is 1. The Morgan fingerprint density at radius 3 is 2.41 bits per heavy atom. The van der Waals surface area contributed by atoms with E-state index in [9.17, 15) is 13.2 Å². The monoisotopic (exact) mass is 537 g/mol. The molecule has 1 aliphatic heterocycles. The average molecular weight is 538 g/mol. The fraction of sp³-hybridized carbons (Fsp3) is 0.286. The minimum atomic E-state index is -4.64. The van der Waals surface area contributed by atoms with Gasteiger partial charge >= 0.3 is 6.18 Å². The molecule has 39 heavy (non-hydrogen) atoms. The summed E-state index contributed by atoms with van der Waals surface area (Å²) in [4.78, 5) is 16.9. The zero-order valence-corrected chi connectivity index (χ0v) is 21.1. The van der Waals surface area contributed by atoms with Gasteiger partial charge in [0.15, 0.2) is 0 Å². The summed E-state index contributed by atoms with van der Waals surface area (Å²) in [6.45, 7) is 3.06. The first-order valence-corrected chi connectivity index (χ1v) is 12.3. The van der Waals surface area contributed by atoms with Crippen molar-refractivity contribution in [3.05, 3.63) is 83.4 Å². The molecule has 3 aromatic heterocycles. The summed E-state index contributed by atoms with van der Waals surface area (Å²) in [5, 5.41) is 0. The van der Waals surface area contributed by atoms with Crippen molar-refractivity contribution in [2.75, 3.05) is 18.9 Å². The third-order valence-corrected chi connectivity index (χ3v) is 6.05. The standard InChI is InChI=1S/C28H26F3N5O3/c1-17-12-19(13-23(33-17)28(29,30)31)24-25(18-6-3-2-4-7-18)35-27(32)36-26(24)39-15-21-9-5-8-20(34-21)14-38-22-10-11-37-16-22/h2-9,12-13,22H,10-11,14-16H2,1H3,(H2,32,35,36)/t22-/m0/s1. The summed E-state index contributed by atoms with van der Waals surface area (Å²) < 4.78 is 58.2. The molecule has 0 saturated carbocycles. The number of anilines is 1. The number of hydrogen-bond acceptors (Lipinski definition) is 8. The molecule has 0 radical (unpaired) electrons. The van der Waals surface area contributed by atoms with E-state index in [1.165, 1.54) is 13.0 Å². The van der Waals surface area contributed by atoms with E-state index in [2.05, 4.69) is 19.9 Å². The van der Waals surface area contributed by atoms with E-state index in [4.69, 9.17) is 19.9 Å². The predicted octanol–water partition coefficient (Wildman–Crippen LogP) is 5.39. The maximum absolute atomic E-state index is 13.7. The second-order valence-corrected chi connectivity index (χ2v) is 9.06. The molecule has 0 unspecified atom stereocenters. The van der Waals surface area contributed by atoms with Crippen LogP contribution < -0.4 is 10.5 Å². The van der Waals surface area contributed by atoms with E-state index in [-0.39, 0.29) is 41.4 Å². The largest absolute Gasteiger partial charge is 0.471 e. The van der Waals surface area contributed by atoms with E-state index in [1.54, 1.807) is 30.3 Å². The lowest BCUT2D eigenvalue weighted by molar-refractivity contribution is -0.141. The van der Waals surface area contributed by atoms with Gasteiger partial charge in [-0.3, -0.25) is 4.98 Å². The second kappa shape index (κ2) is 11.3. The zero-order valence-electron chi connectivity index (χ0n) is 21.1. The van der Waals surface area contributed by atoms with Crippen molar-refractivity contribution in [2.45, 2.75) is 38.8 Å². The fourth-order valence-corrected chi connectivity index (χ4v) is 4.26. The fourth-order valence-electron chi connectivity index (χ4n) is 4.26. The first kappa shape index (κ1) is 26.5. The zero-order chi connectivity index (χ0) is 27.4. The number of aromatic nitrogens is 4. The molecule has 8 nitrogen and oxygen atoms in total. The summed E-state index contributed by atoms with van der Waals surface area (Å²) in [5.41, 5.74) is 7.95. The number of ether oxygens (including phenoxy) is 3. The number of pyridine rings is 2. The van der Waals surface area contributed by atoms with Crippen LogP contribution in [0.5, 0.6) is 5.88 Å². The molecule has 2 N–H and O–H groups in total. The van der Waals surface area contributed by atoms with E-state index in [1.807, 2.05) is 18.2 Å². The molecule has 1 saturated heterocycles. The SMILES string of the molecule is Cc1cc(-c2c(OCc3cccc(CO[C@H]4CCOC4)n3)nc(N)nc2-c2ccccc2)cc(C(F)(F)F)n1. The number of nitrogens with zero attached hydrogens (tertiary/aromatic N) is 4. The Hall–Kier alpha value is -4.09. The molecular formula is C28H26F3N5O3. The van der Waals surface area contributed by atoms with E-state index in [0.717, 1.165) is 18.2 Å². The Kier molecular flexibility index (Phi) is 7.71. The van der Waals surface area contributed by atoms with Crippen LogP contribution in [-0.2, 0) is 28.9 Å². The van der Waals surface area contributed by atoms with Crippen molar-refractivity contribution in [1.29, 1.82) is 0 Å². The van der Waals surface area contributed by atoms with Crippen LogP contribution in [0.25, 0.3) is 22.4 Å². The van der Waals surface area contributed by atoms with E-state index in [0.29, 0.717) is 36.8 Å². The Morgan fingerprint density at radius 1 is 0.923 bits per heavy atom. The molecule has 1 fully saturated rings. The number of nitrogen functional groups attached to an aromatic ring is 1. The van der Waals surface area contributed by atoms with Crippen LogP contribution in [0.3, 0.4) is 0 Å². The lowest BCUT2D eigenvalue weighted by Gasteiger charge is -2.17. The lowest BCUT2D eigenvalue weighted by Crippen LogP contribution is -2.13. The molecule has 5 rings (SSSR count). The maximum atomic E-state index is 13.7. The van der Waals surface area contributed by atoms with E-state index >= 15 is 0 Å². The van der Waals surface area contributed by atoms with Crippen molar-refractivity contribution in [1.82, 2.24) is 19.9 Å². The van der Waals surface area contributed by atoms with Gasteiger partial charge < -0.3 is 19.9 Å². The highest BCUT2D eigenvalue weighted by Crippen LogP contribution is 2.40. The summed E-state index contributed by atoms with van der Waals surface area (Å²) >= 11 is 0. The van der Waals surface area contributed by atoms with Crippen molar-refractivity contribution in [3.63, 3.8) is 0 Å².